The van der Waals surface area contributed by atoms with Gasteiger partial charge in [0.05, 0.1) is 16.7 Å². The summed E-state index contributed by atoms with van der Waals surface area (Å²) in [6, 6.07) is 51.2. The van der Waals surface area contributed by atoms with Crippen LogP contribution in [0.25, 0.3) is 82.0 Å². The largest absolute Gasteiger partial charge is 0.344 e. The van der Waals surface area contributed by atoms with E-state index in [0.29, 0.717) is 0 Å². The number of para-hydroxylation sites is 2. The van der Waals surface area contributed by atoms with E-state index in [0.717, 1.165) is 0 Å². The molecule has 2 aromatic heterocycles. The van der Waals surface area contributed by atoms with Crippen molar-refractivity contribution in [3.05, 3.63) is 140 Å². The third-order valence-corrected chi connectivity index (χ3v) is 8.91. The molecule has 2 heterocycles. The Hall–Kier alpha value is -5.34. The van der Waals surface area contributed by atoms with Crippen LogP contribution in [-0.4, -0.2) is 9.13 Å². The van der Waals surface area contributed by atoms with Crippen molar-refractivity contribution in [2.24, 2.45) is 7.05 Å². The van der Waals surface area contributed by atoms with Gasteiger partial charge in [0.1, 0.15) is 0 Å². The number of fused-ring (bicyclic) bond motifs is 9. The standard InChI is InChI=1S/C39H26N2/c1-40-35-16-8-6-14-31(35)33-22-25(18-20-36(33)40)26-19-21-38-34(23-26)32-15-7-9-17-37(32)41(38)39-24-27-10-2-3-11-28(27)29-12-4-5-13-30(29)39/h2-24H,1H3. The summed E-state index contributed by atoms with van der Waals surface area (Å²) in [5, 5.41) is 10.2. The Morgan fingerprint density at radius 2 is 0.854 bits per heavy atom. The minimum atomic E-state index is 1.22. The van der Waals surface area contributed by atoms with E-state index in [1.165, 1.54) is 82.0 Å². The van der Waals surface area contributed by atoms with Crippen LogP contribution in [0.1, 0.15) is 0 Å². The number of aryl methyl sites for hydroxylation is 1. The summed E-state index contributed by atoms with van der Waals surface area (Å²) in [6.45, 7) is 0. The topological polar surface area (TPSA) is 9.86 Å². The second-order valence-electron chi connectivity index (χ2n) is 11.1. The van der Waals surface area contributed by atoms with E-state index in [1.807, 2.05) is 0 Å². The van der Waals surface area contributed by atoms with Gasteiger partial charge in [-0.05, 0) is 69.8 Å². The predicted octanol–water partition coefficient (Wildman–Crippen LogP) is 10.4. The quantitative estimate of drug-likeness (QED) is 0.200. The van der Waals surface area contributed by atoms with Gasteiger partial charge in [-0.15, -0.1) is 0 Å². The molecular weight excluding hydrogens is 496 g/mol. The van der Waals surface area contributed by atoms with Gasteiger partial charge in [0.2, 0.25) is 0 Å². The fraction of sp³-hybridized carbons (Fsp3) is 0.0256. The average molecular weight is 523 g/mol. The van der Waals surface area contributed by atoms with Crippen molar-refractivity contribution in [1.29, 1.82) is 0 Å². The lowest BCUT2D eigenvalue weighted by atomic mass is 9.99. The maximum Gasteiger partial charge on any atom is 0.0546 e. The highest BCUT2D eigenvalue weighted by molar-refractivity contribution is 6.16. The first-order valence-corrected chi connectivity index (χ1v) is 14.2. The van der Waals surface area contributed by atoms with E-state index in [2.05, 4.69) is 156 Å². The number of nitrogens with zero attached hydrogens (tertiary/aromatic N) is 2. The first-order chi connectivity index (χ1) is 20.3. The van der Waals surface area contributed by atoms with Gasteiger partial charge in [-0.3, -0.25) is 0 Å². The monoisotopic (exact) mass is 522 g/mol. The highest BCUT2D eigenvalue weighted by atomic mass is 15.0. The molecule has 0 saturated heterocycles. The van der Waals surface area contributed by atoms with E-state index in [1.54, 1.807) is 0 Å². The van der Waals surface area contributed by atoms with E-state index in [-0.39, 0.29) is 0 Å². The van der Waals surface area contributed by atoms with E-state index in [9.17, 15) is 0 Å². The Labute approximate surface area is 237 Å². The minimum absolute atomic E-state index is 1.22. The zero-order valence-corrected chi connectivity index (χ0v) is 22.7. The molecule has 0 fully saturated rings. The summed E-state index contributed by atoms with van der Waals surface area (Å²) in [4.78, 5) is 0. The highest BCUT2D eigenvalue weighted by Crippen LogP contribution is 2.39. The van der Waals surface area contributed by atoms with Crippen LogP contribution in [-0.2, 0) is 7.05 Å². The molecule has 0 radical (unpaired) electrons. The molecule has 9 rings (SSSR count). The van der Waals surface area contributed by atoms with Crippen LogP contribution in [0.5, 0.6) is 0 Å². The Balaban J connectivity index is 1.33. The van der Waals surface area contributed by atoms with Crippen LogP contribution in [0.2, 0.25) is 0 Å². The molecule has 2 nitrogen and oxygen atoms in total. The lowest BCUT2D eigenvalue weighted by molar-refractivity contribution is 1.01. The van der Waals surface area contributed by atoms with Crippen molar-refractivity contribution >= 4 is 65.2 Å². The number of aromatic nitrogens is 2. The fourth-order valence-electron chi connectivity index (χ4n) is 6.98. The lowest BCUT2D eigenvalue weighted by Gasteiger charge is -2.14. The second kappa shape index (κ2) is 8.33. The molecule has 192 valence electrons. The van der Waals surface area contributed by atoms with E-state index < -0.39 is 0 Å². The van der Waals surface area contributed by atoms with Crippen LogP contribution in [0.4, 0.5) is 0 Å². The van der Waals surface area contributed by atoms with Gasteiger partial charge in [0.15, 0.2) is 0 Å². The molecule has 0 saturated carbocycles. The van der Waals surface area contributed by atoms with Crippen LogP contribution in [0.3, 0.4) is 0 Å². The van der Waals surface area contributed by atoms with Crippen molar-refractivity contribution in [2.75, 3.05) is 0 Å². The molecule has 0 aliphatic heterocycles. The summed E-state index contributed by atoms with van der Waals surface area (Å²) in [5.74, 6) is 0. The molecule has 41 heavy (non-hydrogen) atoms. The Morgan fingerprint density at radius 3 is 1.61 bits per heavy atom. The smallest absolute Gasteiger partial charge is 0.0546 e. The molecule has 0 atom stereocenters. The van der Waals surface area contributed by atoms with Crippen molar-refractivity contribution in [1.82, 2.24) is 9.13 Å². The van der Waals surface area contributed by atoms with Gasteiger partial charge in [-0.2, -0.15) is 0 Å². The zero-order chi connectivity index (χ0) is 27.1. The van der Waals surface area contributed by atoms with Crippen molar-refractivity contribution in [2.45, 2.75) is 0 Å². The molecule has 0 aliphatic carbocycles. The molecule has 0 spiro atoms. The first kappa shape index (κ1) is 22.5. The predicted molar refractivity (Wildman–Crippen MR) is 175 cm³/mol. The fourth-order valence-corrected chi connectivity index (χ4v) is 6.98. The third kappa shape index (κ3) is 3.13. The first-order valence-electron chi connectivity index (χ1n) is 14.2. The number of hydrogen-bond acceptors (Lipinski definition) is 0. The maximum absolute atomic E-state index is 2.46. The molecule has 0 amide bonds. The molecule has 2 heteroatoms. The average Bonchev–Trinajstić information content (AvgIpc) is 3.52. The number of rotatable bonds is 2. The molecule has 0 bridgehead atoms. The molecule has 9 aromatic rings. The van der Waals surface area contributed by atoms with Gasteiger partial charge in [0.25, 0.3) is 0 Å². The number of hydrogen-bond donors (Lipinski definition) is 0. The van der Waals surface area contributed by atoms with Crippen LogP contribution in [0, 0.1) is 0 Å². The highest BCUT2D eigenvalue weighted by Gasteiger charge is 2.17. The molecule has 0 N–H and O–H groups in total. The maximum atomic E-state index is 2.46. The lowest BCUT2D eigenvalue weighted by Crippen LogP contribution is -1.96. The van der Waals surface area contributed by atoms with Crippen molar-refractivity contribution < 1.29 is 0 Å². The van der Waals surface area contributed by atoms with Crippen LogP contribution >= 0.6 is 0 Å². The summed E-state index contributed by atoms with van der Waals surface area (Å²) in [5.41, 5.74) is 8.67. The zero-order valence-electron chi connectivity index (χ0n) is 22.7. The van der Waals surface area contributed by atoms with Crippen molar-refractivity contribution in [3.63, 3.8) is 0 Å². The van der Waals surface area contributed by atoms with Gasteiger partial charge >= 0.3 is 0 Å². The summed E-state index contributed by atoms with van der Waals surface area (Å²) < 4.78 is 4.75. The van der Waals surface area contributed by atoms with Crippen LogP contribution in [0.15, 0.2) is 140 Å². The number of benzene rings is 7. The van der Waals surface area contributed by atoms with Gasteiger partial charge in [-0.25, -0.2) is 0 Å². The van der Waals surface area contributed by atoms with E-state index >= 15 is 0 Å². The molecule has 0 aliphatic rings. The molecule has 7 aromatic carbocycles. The second-order valence-corrected chi connectivity index (χ2v) is 11.1. The molecule has 0 unspecified atom stereocenters. The van der Waals surface area contributed by atoms with Crippen molar-refractivity contribution in [3.8, 4) is 16.8 Å². The Bertz CT molecular complexity index is 2490. The van der Waals surface area contributed by atoms with Gasteiger partial charge < -0.3 is 9.13 Å². The molecular formula is C39H26N2. The summed E-state index contributed by atoms with van der Waals surface area (Å²) in [6.07, 6.45) is 0. The Kier molecular flexibility index (Phi) is 4.57. The van der Waals surface area contributed by atoms with E-state index in [4.69, 9.17) is 0 Å². The SMILES string of the molecule is Cn1c2ccccc2c2cc(-c3ccc4c(c3)c3ccccc3n4-c3cc4ccccc4c4ccccc34)ccc21. The Morgan fingerprint density at radius 1 is 0.366 bits per heavy atom. The summed E-state index contributed by atoms with van der Waals surface area (Å²) in [7, 11) is 2.15. The minimum Gasteiger partial charge on any atom is -0.344 e. The van der Waals surface area contributed by atoms with Gasteiger partial charge in [-0.1, -0.05) is 97.1 Å². The van der Waals surface area contributed by atoms with Gasteiger partial charge in [0, 0.05) is 45.0 Å². The van der Waals surface area contributed by atoms with Crippen LogP contribution < -0.4 is 0 Å². The third-order valence-electron chi connectivity index (χ3n) is 8.91. The normalized spacial score (nSPS) is 12.0. The summed E-state index contributed by atoms with van der Waals surface area (Å²) >= 11 is 0.